The zero-order valence-electron chi connectivity index (χ0n) is 11.7. The van der Waals surface area contributed by atoms with Crippen molar-refractivity contribution in [1.82, 2.24) is 5.32 Å². The Morgan fingerprint density at radius 1 is 1.20 bits per heavy atom. The van der Waals surface area contributed by atoms with E-state index in [9.17, 15) is 0 Å². The molecule has 0 spiro atoms. The predicted octanol–water partition coefficient (Wildman–Crippen LogP) is 5.49. The standard InChI is InChI=1S/C16H19BrClNS/c1-11(2)19-10-12(9-13-7-8-16(17)20-13)14-5-3-4-6-15(14)18/h3-8,11-12,19H,9-10H2,1-2H3. The van der Waals surface area contributed by atoms with Crippen molar-refractivity contribution in [2.75, 3.05) is 6.54 Å². The maximum Gasteiger partial charge on any atom is 0.0701 e. The summed E-state index contributed by atoms with van der Waals surface area (Å²) in [5.74, 6) is 0.400. The van der Waals surface area contributed by atoms with Crippen LogP contribution in [0.5, 0.6) is 0 Å². The van der Waals surface area contributed by atoms with Crippen LogP contribution in [0.25, 0.3) is 0 Å². The Labute approximate surface area is 138 Å². The highest BCUT2D eigenvalue weighted by Crippen LogP contribution is 2.31. The maximum absolute atomic E-state index is 6.37. The second-order valence-corrected chi connectivity index (χ2v) is 8.15. The summed E-state index contributed by atoms with van der Waals surface area (Å²) in [5, 5.41) is 4.39. The largest absolute Gasteiger partial charge is 0.314 e. The molecule has 1 unspecified atom stereocenters. The Hall–Kier alpha value is -0.350. The number of halogens is 2. The van der Waals surface area contributed by atoms with E-state index in [-0.39, 0.29) is 0 Å². The molecule has 1 heterocycles. The van der Waals surface area contributed by atoms with Gasteiger partial charge in [0.15, 0.2) is 0 Å². The van der Waals surface area contributed by atoms with E-state index >= 15 is 0 Å². The molecule has 1 N–H and O–H groups in total. The summed E-state index contributed by atoms with van der Waals surface area (Å²) in [5.41, 5.74) is 1.23. The van der Waals surface area contributed by atoms with Crippen molar-refractivity contribution in [2.24, 2.45) is 0 Å². The van der Waals surface area contributed by atoms with Gasteiger partial charge < -0.3 is 5.32 Å². The number of hydrogen-bond donors (Lipinski definition) is 1. The van der Waals surface area contributed by atoms with E-state index in [2.05, 4.69) is 59.4 Å². The third-order valence-corrected chi connectivity index (χ3v) is 5.18. The van der Waals surface area contributed by atoms with E-state index in [0.29, 0.717) is 12.0 Å². The summed E-state index contributed by atoms with van der Waals surface area (Å²) in [4.78, 5) is 1.38. The van der Waals surface area contributed by atoms with Gasteiger partial charge in [0.25, 0.3) is 0 Å². The molecule has 0 aliphatic carbocycles. The van der Waals surface area contributed by atoms with Crippen LogP contribution in [0.1, 0.15) is 30.2 Å². The molecule has 0 saturated heterocycles. The van der Waals surface area contributed by atoms with E-state index in [0.717, 1.165) is 18.0 Å². The Bertz CT molecular complexity index is 553. The van der Waals surface area contributed by atoms with Crippen LogP contribution in [-0.4, -0.2) is 12.6 Å². The van der Waals surface area contributed by atoms with E-state index in [1.807, 2.05) is 12.1 Å². The van der Waals surface area contributed by atoms with Crippen molar-refractivity contribution in [1.29, 1.82) is 0 Å². The van der Waals surface area contributed by atoms with Crippen LogP contribution in [0.4, 0.5) is 0 Å². The van der Waals surface area contributed by atoms with Crippen molar-refractivity contribution in [3.8, 4) is 0 Å². The molecular formula is C16H19BrClNS. The molecule has 1 nitrogen and oxygen atoms in total. The van der Waals surface area contributed by atoms with E-state index in [1.165, 1.54) is 14.2 Å². The lowest BCUT2D eigenvalue weighted by Gasteiger charge is -2.20. The van der Waals surface area contributed by atoms with E-state index in [4.69, 9.17) is 11.6 Å². The maximum atomic E-state index is 6.37. The number of hydrogen-bond acceptors (Lipinski definition) is 2. The van der Waals surface area contributed by atoms with Gasteiger partial charge in [0.05, 0.1) is 3.79 Å². The second-order valence-electron chi connectivity index (χ2n) is 5.19. The molecule has 0 bridgehead atoms. The fourth-order valence-electron chi connectivity index (χ4n) is 2.18. The second kappa shape index (κ2) is 7.60. The van der Waals surface area contributed by atoms with Crippen LogP contribution in [-0.2, 0) is 6.42 Å². The molecule has 1 aromatic carbocycles. The van der Waals surface area contributed by atoms with E-state index < -0.39 is 0 Å². The van der Waals surface area contributed by atoms with Crippen LogP contribution in [0.15, 0.2) is 40.2 Å². The molecule has 2 aromatic rings. The summed E-state index contributed by atoms with van der Waals surface area (Å²) in [6.45, 7) is 5.29. The number of nitrogens with one attached hydrogen (secondary N) is 1. The molecule has 0 aliphatic heterocycles. The van der Waals surface area contributed by atoms with Crippen LogP contribution >= 0.6 is 38.9 Å². The van der Waals surface area contributed by atoms with Crippen LogP contribution < -0.4 is 5.32 Å². The topological polar surface area (TPSA) is 12.0 Å². The molecule has 20 heavy (non-hydrogen) atoms. The monoisotopic (exact) mass is 371 g/mol. The zero-order valence-corrected chi connectivity index (χ0v) is 14.9. The number of benzene rings is 1. The number of thiophene rings is 1. The summed E-state index contributed by atoms with van der Waals surface area (Å²) in [6, 6.07) is 12.9. The zero-order chi connectivity index (χ0) is 14.5. The minimum absolute atomic E-state index is 0.400. The molecule has 0 saturated carbocycles. The van der Waals surface area contributed by atoms with Crippen molar-refractivity contribution in [3.05, 3.63) is 55.6 Å². The van der Waals surface area contributed by atoms with Gasteiger partial charge in [-0.15, -0.1) is 11.3 Å². The Balaban J connectivity index is 2.18. The summed E-state index contributed by atoms with van der Waals surface area (Å²) in [6.07, 6.45) is 1.01. The minimum Gasteiger partial charge on any atom is -0.314 e. The first-order chi connectivity index (χ1) is 9.56. The number of rotatable bonds is 6. The average molecular weight is 373 g/mol. The summed E-state index contributed by atoms with van der Waals surface area (Å²) >= 11 is 11.7. The van der Waals surface area contributed by atoms with Gasteiger partial charge in [-0.05, 0) is 46.1 Å². The molecule has 0 amide bonds. The van der Waals surface area contributed by atoms with Crippen LogP contribution in [0, 0.1) is 0 Å². The fourth-order valence-corrected chi connectivity index (χ4v) is 4.03. The molecule has 4 heteroatoms. The highest BCUT2D eigenvalue weighted by Gasteiger charge is 2.16. The SMILES string of the molecule is CC(C)NCC(Cc1ccc(Br)s1)c1ccccc1Cl. The molecule has 108 valence electrons. The fraction of sp³-hybridized carbons (Fsp3) is 0.375. The van der Waals surface area contributed by atoms with Crippen molar-refractivity contribution >= 4 is 38.9 Å². The molecule has 0 radical (unpaired) electrons. The molecule has 1 atom stereocenters. The molecular weight excluding hydrogens is 354 g/mol. The van der Waals surface area contributed by atoms with Gasteiger partial charge in [0.1, 0.15) is 0 Å². The predicted molar refractivity (Wildman–Crippen MR) is 93.1 cm³/mol. The van der Waals surface area contributed by atoms with Gasteiger partial charge in [-0.25, -0.2) is 0 Å². The molecule has 2 rings (SSSR count). The van der Waals surface area contributed by atoms with Crippen LogP contribution in [0.3, 0.4) is 0 Å². The molecule has 0 aliphatic rings. The average Bonchev–Trinajstić information content (AvgIpc) is 2.81. The smallest absolute Gasteiger partial charge is 0.0701 e. The van der Waals surface area contributed by atoms with Crippen molar-refractivity contribution in [2.45, 2.75) is 32.2 Å². The normalized spacial score (nSPS) is 12.8. The Morgan fingerprint density at radius 3 is 2.55 bits per heavy atom. The highest BCUT2D eigenvalue weighted by molar-refractivity contribution is 9.11. The van der Waals surface area contributed by atoms with Crippen molar-refractivity contribution in [3.63, 3.8) is 0 Å². The van der Waals surface area contributed by atoms with E-state index in [1.54, 1.807) is 11.3 Å². The lowest BCUT2D eigenvalue weighted by Crippen LogP contribution is -2.29. The van der Waals surface area contributed by atoms with Gasteiger partial charge in [-0.2, -0.15) is 0 Å². The third kappa shape index (κ3) is 4.59. The third-order valence-electron chi connectivity index (χ3n) is 3.19. The van der Waals surface area contributed by atoms with Crippen molar-refractivity contribution < 1.29 is 0 Å². The minimum atomic E-state index is 0.400. The first kappa shape index (κ1) is 16.0. The summed E-state index contributed by atoms with van der Waals surface area (Å²) in [7, 11) is 0. The van der Waals surface area contributed by atoms with Gasteiger partial charge >= 0.3 is 0 Å². The molecule has 1 aromatic heterocycles. The van der Waals surface area contributed by atoms with Crippen LogP contribution in [0.2, 0.25) is 5.02 Å². The molecule has 0 fully saturated rings. The van der Waals surface area contributed by atoms with Gasteiger partial charge in [0, 0.05) is 28.4 Å². The van der Waals surface area contributed by atoms with Gasteiger partial charge in [-0.1, -0.05) is 43.6 Å². The lowest BCUT2D eigenvalue weighted by atomic mass is 9.94. The first-order valence-corrected chi connectivity index (χ1v) is 8.77. The lowest BCUT2D eigenvalue weighted by molar-refractivity contribution is 0.528. The van der Waals surface area contributed by atoms with Gasteiger partial charge in [-0.3, -0.25) is 0 Å². The van der Waals surface area contributed by atoms with Gasteiger partial charge in [0.2, 0.25) is 0 Å². The Morgan fingerprint density at radius 2 is 1.95 bits per heavy atom. The first-order valence-electron chi connectivity index (χ1n) is 6.78. The highest BCUT2D eigenvalue weighted by atomic mass is 79.9. The Kier molecular flexibility index (Phi) is 6.09. The summed E-state index contributed by atoms with van der Waals surface area (Å²) < 4.78 is 1.18. The quantitative estimate of drug-likeness (QED) is 0.707.